The van der Waals surface area contributed by atoms with Gasteiger partial charge in [-0.05, 0) is 12.5 Å². The number of fused-ring (bicyclic) bond motifs is 3. The SMILES string of the molecule is CC(=O)OCCN1CCC(n2nc(C(=O)N3CCOCC3)c3c2-c2ccccc2S(=O)(=O)C3)C1. The van der Waals surface area contributed by atoms with Crippen molar-refractivity contribution in [2.75, 3.05) is 52.5 Å². The topological polar surface area (TPSA) is 111 Å². The van der Waals surface area contributed by atoms with Crippen molar-refractivity contribution in [1.82, 2.24) is 19.6 Å². The Morgan fingerprint density at radius 3 is 2.71 bits per heavy atom. The molecule has 2 aromatic rings. The lowest BCUT2D eigenvalue weighted by Crippen LogP contribution is -2.41. The summed E-state index contributed by atoms with van der Waals surface area (Å²) >= 11 is 0. The van der Waals surface area contributed by atoms with Gasteiger partial charge in [0.05, 0.1) is 35.6 Å². The van der Waals surface area contributed by atoms with Crippen molar-refractivity contribution >= 4 is 21.7 Å². The standard InChI is InChI=1S/C23H28N4O6S/c1-16(28)33-13-8-25-7-6-17(14-25)27-22-18-4-2-3-5-20(18)34(30,31)15-19(22)21(24-27)23(29)26-9-11-32-12-10-26/h2-5,17H,6-15H2,1H3. The van der Waals surface area contributed by atoms with Crippen molar-refractivity contribution < 1.29 is 27.5 Å². The first kappa shape index (κ1) is 23.0. The molecule has 1 amide bonds. The van der Waals surface area contributed by atoms with E-state index >= 15 is 0 Å². The molecule has 4 heterocycles. The molecule has 1 unspecified atom stereocenters. The van der Waals surface area contributed by atoms with Crippen LogP contribution in [0.4, 0.5) is 0 Å². The van der Waals surface area contributed by atoms with Crippen LogP contribution < -0.4 is 0 Å². The van der Waals surface area contributed by atoms with E-state index in [9.17, 15) is 18.0 Å². The lowest BCUT2D eigenvalue weighted by atomic mass is 10.0. The van der Waals surface area contributed by atoms with Crippen LogP contribution in [0, 0.1) is 0 Å². The molecule has 5 rings (SSSR count). The summed E-state index contributed by atoms with van der Waals surface area (Å²) in [6.07, 6.45) is 0.800. The smallest absolute Gasteiger partial charge is 0.302 e. The van der Waals surface area contributed by atoms with Crippen molar-refractivity contribution in [1.29, 1.82) is 0 Å². The fourth-order valence-corrected chi connectivity index (χ4v) is 6.57. The average molecular weight is 489 g/mol. The van der Waals surface area contributed by atoms with E-state index in [-0.39, 0.29) is 34.3 Å². The third-order valence-corrected chi connectivity index (χ3v) is 8.32. The number of carbonyl (C=O) groups is 2. The second-order valence-corrected chi connectivity index (χ2v) is 10.8. The minimum atomic E-state index is -3.59. The van der Waals surface area contributed by atoms with Crippen LogP contribution in [0.25, 0.3) is 11.3 Å². The number of esters is 1. The van der Waals surface area contributed by atoms with Crippen LogP contribution in [-0.4, -0.2) is 92.4 Å². The summed E-state index contributed by atoms with van der Waals surface area (Å²) in [6, 6.07) is 6.91. The number of nitrogens with zero attached hydrogens (tertiary/aromatic N) is 4. The van der Waals surface area contributed by atoms with E-state index in [0.717, 1.165) is 13.0 Å². The Morgan fingerprint density at radius 1 is 1.18 bits per heavy atom. The third kappa shape index (κ3) is 4.23. The van der Waals surface area contributed by atoms with E-state index in [1.165, 1.54) is 6.92 Å². The van der Waals surface area contributed by atoms with Gasteiger partial charge in [0.2, 0.25) is 0 Å². The van der Waals surface area contributed by atoms with E-state index in [0.29, 0.717) is 62.8 Å². The summed E-state index contributed by atoms with van der Waals surface area (Å²) in [5.41, 5.74) is 2.01. The molecular formula is C23H28N4O6S. The first-order valence-electron chi connectivity index (χ1n) is 11.5. The first-order chi connectivity index (χ1) is 16.3. The van der Waals surface area contributed by atoms with Crippen LogP contribution >= 0.6 is 0 Å². The lowest BCUT2D eigenvalue weighted by molar-refractivity contribution is -0.141. The molecule has 0 bridgehead atoms. The number of likely N-dealkylation sites (tertiary alicyclic amines) is 1. The summed E-state index contributed by atoms with van der Waals surface area (Å²) in [5, 5.41) is 4.76. The Kier molecular flexibility index (Phi) is 6.17. The van der Waals surface area contributed by atoms with E-state index < -0.39 is 9.84 Å². The highest BCUT2D eigenvalue weighted by molar-refractivity contribution is 7.90. The van der Waals surface area contributed by atoms with Gasteiger partial charge in [0.1, 0.15) is 6.61 Å². The monoisotopic (exact) mass is 488 g/mol. The van der Waals surface area contributed by atoms with Crippen molar-refractivity contribution in [3.05, 3.63) is 35.5 Å². The maximum Gasteiger partial charge on any atom is 0.302 e. The van der Waals surface area contributed by atoms with Gasteiger partial charge in [0.15, 0.2) is 15.5 Å². The summed E-state index contributed by atoms with van der Waals surface area (Å²) in [7, 11) is -3.59. The third-order valence-electron chi connectivity index (χ3n) is 6.63. The highest BCUT2D eigenvalue weighted by Crippen LogP contribution is 2.41. The van der Waals surface area contributed by atoms with Gasteiger partial charge in [-0.3, -0.25) is 19.2 Å². The number of aromatic nitrogens is 2. The molecule has 2 fully saturated rings. The van der Waals surface area contributed by atoms with Crippen LogP contribution in [0.3, 0.4) is 0 Å². The fraction of sp³-hybridized carbons (Fsp3) is 0.522. The van der Waals surface area contributed by atoms with Gasteiger partial charge in [-0.15, -0.1) is 0 Å². The Labute approximate surface area is 198 Å². The number of sulfone groups is 1. The highest BCUT2D eigenvalue weighted by Gasteiger charge is 2.39. The van der Waals surface area contributed by atoms with Crippen LogP contribution in [-0.2, 0) is 29.9 Å². The second-order valence-electron chi connectivity index (χ2n) is 8.86. The summed E-state index contributed by atoms with van der Waals surface area (Å²) in [5.74, 6) is -0.799. The lowest BCUT2D eigenvalue weighted by Gasteiger charge is -2.26. The molecule has 0 aliphatic carbocycles. The molecule has 0 spiro atoms. The molecule has 1 aromatic carbocycles. The Morgan fingerprint density at radius 2 is 1.94 bits per heavy atom. The number of ether oxygens (including phenoxy) is 2. The van der Waals surface area contributed by atoms with E-state index in [1.54, 1.807) is 23.1 Å². The van der Waals surface area contributed by atoms with Crippen LogP contribution in [0.2, 0.25) is 0 Å². The maximum atomic E-state index is 13.4. The first-order valence-corrected chi connectivity index (χ1v) is 13.2. The number of hydrogen-bond donors (Lipinski definition) is 0. The molecule has 10 nitrogen and oxygen atoms in total. The van der Waals surface area contributed by atoms with Gasteiger partial charge < -0.3 is 14.4 Å². The van der Waals surface area contributed by atoms with Crippen molar-refractivity contribution in [3.63, 3.8) is 0 Å². The van der Waals surface area contributed by atoms with Crippen LogP contribution in [0.1, 0.15) is 35.4 Å². The Bertz CT molecular complexity index is 1220. The summed E-state index contributed by atoms with van der Waals surface area (Å²) < 4.78 is 38.5. The molecule has 1 aromatic heterocycles. The number of amides is 1. The maximum absolute atomic E-state index is 13.4. The van der Waals surface area contributed by atoms with Gasteiger partial charge in [-0.2, -0.15) is 5.10 Å². The van der Waals surface area contributed by atoms with Gasteiger partial charge in [0.25, 0.3) is 5.91 Å². The summed E-state index contributed by atoms with van der Waals surface area (Å²) in [4.78, 5) is 28.7. The van der Waals surface area contributed by atoms with E-state index in [1.807, 2.05) is 10.7 Å². The van der Waals surface area contributed by atoms with Gasteiger partial charge in [-0.25, -0.2) is 8.42 Å². The molecular weight excluding hydrogens is 460 g/mol. The predicted octanol–water partition coefficient (Wildman–Crippen LogP) is 1.12. The predicted molar refractivity (Wildman–Crippen MR) is 122 cm³/mol. The fourth-order valence-electron chi connectivity index (χ4n) is 4.98. The molecule has 0 saturated carbocycles. The zero-order valence-electron chi connectivity index (χ0n) is 19.1. The van der Waals surface area contributed by atoms with Gasteiger partial charge >= 0.3 is 5.97 Å². The van der Waals surface area contributed by atoms with Gasteiger partial charge in [-0.1, -0.05) is 18.2 Å². The second kappa shape index (κ2) is 9.12. The summed E-state index contributed by atoms with van der Waals surface area (Å²) in [6.45, 7) is 5.62. The van der Waals surface area contributed by atoms with Crippen molar-refractivity contribution in [3.8, 4) is 11.3 Å². The Balaban J connectivity index is 1.53. The normalized spacial score (nSPS) is 21.7. The molecule has 11 heteroatoms. The average Bonchev–Trinajstić information content (AvgIpc) is 3.43. The molecule has 3 aliphatic rings. The molecule has 34 heavy (non-hydrogen) atoms. The number of carbonyl (C=O) groups excluding carboxylic acids is 2. The molecule has 0 N–H and O–H groups in total. The Hall–Kier alpha value is -2.76. The van der Waals surface area contributed by atoms with E-state index in [4.69, 9.17) is 14.6 Å². The molecule has 182 valence electrons. The number of hydrogen-bond acceptors (Lipinski definition) is 8. The minimum Gasteiger partial charge on any atom is -0.465 e. The quantitative estimate of drug-likeness (QED) is 0.576. The number of benzene rings is 1. The molecule has 2 saturated heterocycles. The van der Waals surface area contributed by atoms with E-state index in [2.05, 4.69) is 4.90 Å². The molecule has 1 atom stereocenters. The highest BCUT2D eigenvalue weighted by atomic mass is 32.2. The number of rotatable bonds is 5. The van der Waals surface area contributed by atoms with Crippen molar-refractivity contribution in [2.24, 2.45) is 0 Å². The zero-order chi connectivity index (χ0) is 23.9. The van der Waals surface area contributed by atoms with Crippen LogP contribution in [0.5, 0.6) is 0 Å². The zero-order valence-corrected chi connectivity index (χ0v) is 19.9. The van der Waals surface area contributed by atoms with Crippen molar-refractivity contribution in [2.45, 2.75) is 30.0 Å². The van der Waals surface area contributed by atoms with Crippen LogP contribution in [0.15, 0.2) is 29.2 Å². The van der Waals surface area contributed by atoms with Gasteiger partial charge in [0, 0.05) is 50.8 Å². The molecule has 3 aliphatic heterocycles. The molecule has 0 radical (unpaired) electrons. The number of morpholine rings is 1. The minimum absolute atomic E-state index is 0.0221. The largest absolute Gasteiger partial charge is 0.465 e.